The molecule has 76 valence electrons. The highest BCUT2D eigenvalue weighted by molar-refractivity contribution is 5.96. The predicted molar refractivity (Wildman–Crippen MR) is 55.6 cm³/mol. The van der Waals surface area contributed by atoms with E-state index < -0.39 is 0 Å². The molecule has 0 aliphatic carbocycles. The summed E-state index contributed by atoms with van der Waals surface area (Å²) in [5, 5.41) is 12.1. The summed E-state index contributed by atoms with van der Waals surface area (Å²) < 4.78 is 0. The molecule has 0 bridgehead atoms. The van der Waals surface area contributed by atoms with Crippen molar-refractivity contribution in [2.45, 2.75) is 19.8 Å². The van der Waals surface area contributed by atoms with Crippen molar-refractivity contribution in [3.05, 3.63) is 29.3 Å². The third kappa shape index (κ3) is 2.05. The third-order valence-corrected chi connectivity index (χ3v) is 2.16. The molecule has 14 heavy (non-hydrogen) atoms. The number of phenols is 1. The summed E-state index contributed by atoms with van der Waals surface area (Å²) in [7, 11) is 1.54. The molecule has 0 unspecified atom stereocenters. The summed E-state index contributed by atoms with van der Waals surface area (Å²) in [5.74, 6) is 0.119. The number of hydrogen-bond donors (Lipinski definition) is 2. The van der Waals surface area contributed by atoms with Crippen molar-refractivity contribution >= 4 is 5.91 Å². The summed E-state index contributed by atoms with van der Waals surface area (Å²) in [6, 6.07) is 5.13. The van der Waals surface area contributed by atoms with Gasteiger partial charge in [-0.05, 0) is 23.6 Å². The zero-order valence-corrected chi connectivity index (χ0v) is 8.66. The van der Waals surface area contributed by atoms with Crippen LogP contribution in [0.5, 0.6) is 5.75 Å². The molecule has 1 amide bonds. The largest absolute Gasteiger partial charge is 0.507 e. The number of amides is 1. The fourth-order valence-electron chi connectivity index (χ4n) is 1.23. The van der Waals surface area contributed by atoms with E-state index in [1.165, 1.54) is 7.05 Å². The lowest BCUT2D eigenvalue weighted by Gasteiger charge is -2.08. The van der Waals surface area contributed by atoms with Crippen LogP contribution >= 0.6 is 0 Å². The number of benzene rings is 1. The van der Waals surface area contributed by atoms with Crippen molar-refractivity contribution in [2.75, 3.05) is 7.05 Å². The standard InChI is InChI=1S/C11H15NO2/c1-7(2)8-4-5-9(10(13)6-8)11(14)12-3/h4-7,13H,1-3H3,(H,12,14). The molecule has 0 aliphatic rings. The van der Waals surface area contributed by atoms with Crippen LogP contribution in [0, 0.1) is 0 Å². The SMILES string of the molecule is CNC(=O)c1ccc(C(C)C)cc1O. The van der Waals surface area contributed by atoms with Gasteiger partial charge in [-0.3, -0.25) is 4.79 Å². The molecule has 0 saturated heterocycles. The topological polar surface area (TPSA) is 49.3 Å². The number of nitrogens with one attached hydrogen (secondary N) is 1. The lowest BCUT2D eigenvalue weighted by atomic mass is 10.0. The minimum atomic E-state index is -0.266. The van der Waals surface area contributed by atoms with Crippen LogP contribution in [0.3, 0.4) is 0 Å². The first-order chi connectivity index (χ1) is 6.56. The van der Waals surface area contributed by atoms with Crippen LogP contribution in [-0.4, -0.2) is 18.1 Å². The predicted octanol–water partition coefficient (Wildman–Crippen LogP) is 1.88. The minimum Gasteiger partial charge on any atom is -0.507 e. The summed E-state index contributed by atoms with van der Waals surface area (Å²) in [6.45, 7) is 4.07. The smallest absolute Gasteiger partial charge is 0.254 e. The Hall–Kier alpha value is -1.51. The van der Waals surface area contributed by atoms with Crippen LogP contribution in [0.1, 0.15) is 35.7 Å². The molecule has 0 fully saturated rings. The molecule has 0 aliphatic heterocycles. The van der Waals surface area contributed by atoms with Crippen molar-refractivity contribution in [3.63, 3.8) is 0 Å². The Morgan fingerprint density at radius 1 is 1.43 bits per heavy atom. The number of carbonyl (C=O) groups is 1. The van der Waals surface area contributed by atoms with E-state index >= 15 is 0 Å². The van der Waals surface area contributed by atoms with Crippen LogP contribution in [0.25, 0.3) is 0 Å². The van der Waals surface area contributed by atoms with E-state index in [9.17, 15) is 9.90 Å². The van der Waals surface area contributed by atoms with Crippen molar-refractivity contribution in [1.29, 1.82) is 0 Å². The summed E-state index contributed by atoms with van der Waals surface area (Å²) in [4.78, 5) is 11.2. The average molecular weight is 193 g/mol. The average Bonchev–Trinajstić information content (AvgIpc) is 2.16. The Morgan fingerprint density at radius 3 is 2.50 bits per heavy atom. The van der Waals surface area contributed by atoms with E-state index in [2.05, 4.69) is 5.32 Å². The van der Waals surface area contributed by atoms with Gasteiger partial charge in [0.05, 0.1) is 5.56 Å². The molecule has 0 spiro atoms. The molecule has 1 aromatic rings. The molecule has 3 heteroatoms. The van der Waals surface area contributed by atoms with E-state index in [1.807, 2.05) is 19.9 Å². The van der Waals surface area contributed by atoms with Crippen LogP contribution in [-0.2, 0) is 0 Å². The van der Waals surface area contributed by atoms with Crippen LogP contribution in [0.2, 0.25) is 0 Å². The molecule has 0 aromatic heterocycles. The molecule has 1 aromatic carbocycles. The first kappa shape index (κ1) is 10.6. The van der Waals surface area contributed by atoms with Gasteiger partial charge in [-0.1, -0.05) is 19.9 Å². The van der Waals surface area contributed by atoms with Gasteiger partial charge in [-0.25, -0.2) is 0 Å². The van der Waals surface area contributed by atoms with Crippen LogP contribution < -0.4 is 5.32 Å². The molecule has 0 radical (unpaired) electrons. The minimum absolute atomic E-state index is 0.0375. The zero-order valence-electron chi connectivity index (χ0n) is 8.66. The normalized spacial score (nSPS) is 10.3. The van der Waals surface area contributed by atoms with Crippen LogP contribution in [0.4, 0.5) is 0 Å². The lowest BCUT2D eigenvalue weighted by Crippen LogP contribution is -2.17. The summed E-state index contributed by atoms with van der Waals surface area (Å²) in [5.41, 5.74) is 1.34. The molecule has 0 saturated carbocycles. The molecule has 2 N–H and O–H groups in total. The van der Waals surface area contributed by atoms with Crippen molar-refractivity contribution in [1.82, 2.24) is 5.32 Å². The molecule has 0 atom stereocenters. The lowest BCUT2D eigenvalue weighted by molar-refractivity contribution is 0.0960. The van der Waals surface area contributed by atoms with E-state index in [0.29, 0.717) is 11.5 Å². The van der Waals surface area contributed by atoms with Crippen molar-refractivity contribution in [3.8, 4) is 5.75 Å². The Bertz CT molecular complexity index is 345. The molecule has 0 heterocycles. The Morgan fingerprint density at radius 2 is 2.07 bits per heavy atom. The first-order valence-electron chi connectivity index (χ1n) is 4.61. The van der Waals surface area contributed by atoms with Gasteiger partial charge in [-0.15, -0.1) is 0 Å². The van der Waals surface area contributed by atoms with Gasteiger partial charge in [0.25, 0.3) is 5.91 Å². The number of phenolic OH excluding ortho intramolecular Hbond substituents is 1. The highest BCUT2D eigenvalue weighted by Gasteiger charge is 2.10. The Balaban J connectivity index is 3.07. The maximum atomic E-state index is 11.2. The van der Waals surface area contributed by atoms with Gasteiger partial charge >= 0.3 is 0 Å². The summed E-state index contributed by atoms with van der Waals surface area (Å²) >= 11 is 0. The molecular formula is C11H15NO2. The maximum absolute atomic E-state index is 11.2. The number of aromatic hydroxyl groups is 1. The van der Waals surface area contributed by atoms with Crippen molar-refractivity contribution in [2.24, 2.45) is 0 Å². The zero-order chi connectivity index (χ0) is 10.7. The molecule has 1 rings (SSSR count). The van der Waals surface area contributed by atoms with E-state index in [0.717, 1.165) is 5.56 Å². The number of rotatable bonds is 2. The molecule has 3 nitrogen and oxygen atoms in total. The fourth-order valence-corrected chi connectivity index (χ4v) is 1.23. The van der Waals surface area contributed by atoms with E-state index in [-0.39, 0.29) is 11.7 Å². The van der Waals surface area contributed by atoms with Gasteiger partial charge in [0, 0.05) is 7.05 Å². The number of carbonyl (C=O) groups excluding carboxylic acids is 1. The van der Waals surface area contributed by atoms with E-state index in [4.69, 9.17) is 0 Å². The van der Waals surface area contributed by atoms with Gasteiger partial charge in [-0.2, -0.15) is 0 Å². The Kier molecular flexibility index (Phi) is 3.12. The highest BCUT2D eigenvalue weighted by atomic mass is 16.3. The monoisotopic (exact) mass is 193 g/mol. The second-order valence-electron chi connectivity index (χ2n) is 3.51. The second-order valence-corrected chi connectivity index (χ2v) is 3.51. The second kappa shape index (κ2) is 4.13. The fraction of sp³-hybridized carbons (Fsp3) is 0.364. The number of hydrogen-bond acceptors (Lipinski definition) is 2. The van der Waals surface area contributed by atoms with Crippen molar-refractivity contribution < 1.29 is 9.90 Å². The van der Waals surface area contributed by atoms with Crippen LogP contribution in [0.15, 0.2) is 18.2 Å². The Labute approximate surface area is 83.8 Å². The third-order valence-electron chi connectivity index (χ3n) is 2.16. The van der Waals surface area contributed by atoms with Gasteiger partial charge in [0.2, 0.25) is 0 Å². The quantitative estimate of drug-likeness (QED) is 0.753. The van der Waals surface area contributed by atoms with E-state index in [1.54, 1.807) is 12.1 Å². The molecular weight excluding hydrogens is 178 g/mol. The highest BCUT2D eigenvalue weighted by Crippen LogP contribution is 2.23. The van der Waals surface area contributed by atoms with Gasteiger partial charge < -0.3 is 10.4 Å². The van der Waals surface area contributed by atoms with Gasteiger partial charge in [0.15, 0.2) is 0 Å². The first-order valence-corrected chi connectivity index (χ1v) is 4.61. The summed E-state index contributed by atoms with van der Waals surface area (Å²) in [6.07, 6.45) is 0. The van der Waals surface area contributed by atoms with Gasteiger partial charge in [0.1, 0.15) is 5.75 Å². The maximum Gasteiger partial charge on any atom is 0.254 e.